The van der Waals surface area contributed by atoms with Crippen LogP contribution in [0.4, 0.5) is 11.4 Å². The van der Waals surface area contributed by atoms with Crippen molar-refractivity contribution >= 4 is 40.2 Å². The van der Waals surface area contributed by atoms with Gasteiger partial charge in [-0.1, -0.05) is 11.6 Å². The van der Waals surface area contributed by atoms with Crippen LogP contribution in [-0.2, 0) is 6.54 Å². The lowest BCUT2D eigenvalue weighted by atomic mass is 10.1. The quantitative estimate of drug-likeness (QED) is 0.911. The molecule has 0 aliphatic rings. The zero-order chi connectivity index (χ0) is 14.7. The highest BCUT2D eigenvalue weighted by atomic mass is 35.5. The normalized spacial score (nSPS) is 10.3. The number of halogens is 1. The summed E-state index contributed by atoms with van der Waals surface area (Å²) in [6.07, 6.45) is 0. The van der Waals surface area contributed by atoms with E-state index in [1.807, 2.05) is 11.4 Å². The Hall–Kier alpha value is -1.72. The van der Waals surface area contributed by atoms with Crippen molar-refractivity contribution in [1.29, 1.82) is 0 Å². The van der Waals surface area contributed by atoms with Gasteiger partial charge in [0, 0.05) is 35.4 Å². The number of rotatable bonds is 4. The summed E-state index contributed by atoms with van der Waals surface area (Å²) in [7, 11) is 3.44. The van der Waals surface area contributed by atoms with Gasteiger partial charge in [0.1, 0.15) is 0 Å². The van der Waals surface area contributed by atoms with Crippen LogP contribution in [-0.4, -0.2) is 24.9 Å². The minimum Gasteiger partial charge on any atom is -0.398 e. The number of benzene rings is 1. The number of amides is 1. The van der Waals surface area contributed by atoms with E-state index in [2.05, 4.69) is 5.32 Å². The van der Waals surface area contributed by atoms with Gasteiger partial charge in [-0.25, -0.2) is 0 Å². The van der Waals surface area contributed by atoms with E-state index in [1.54, 1.807) is 43.6 Å². The minimum atomic E-state index is -0.0664. The Morgan fingerprint density at radius 2 is 2.15 bits per heavy atom. The number of nitrogens with one attached hydrogen (secondary N) is 1. The number of anilines is 2. The molecule has 3 N–H and O–H groups in total. The predicted octanol–water partition coefficient (Wildman–Crippen LogP) is 3.30. The van der Waals surface area contributed by atoms with Gasteiger partial charge in [0.05, 0.1) is 12.1 Å². The molecule has 1 aromatic carbocycles. The van der Waals surface area contributed by atoms with Gasteiger partial charge in [0.25, 0.3) is 5.91 Å². The van der Waals surface area contributed by atoms with E-state index in [4.69, 9.17) is 17.3 Å². The Labute approximate surface area is 127 Å². The zero-order valence-corrected chi connectivity index (χ0v) is 12.9. The van der Waals surface area contributed by atoms with Crippen LogP contribution in [0.5, 0.6) is 0 Å². The second-order valence-electron chi connectivity index (χ2n) is 4.54. The highest BCUT2D eigenvalue weighted by Crippen LogP contribution is 2.25. The summed E-state index contributed by atoms with van der Waals surface area (Å²) in [6.45, 7) is 0.567. The average molecular weight is 310 g/mol. The topological polar surface area (TPSA) is 58.4 Å². The molecule has 0 unspecified atom stereocenters. The summed E-state index contributed by atoms with van der Waals surface area (Å²) in [5.41, 5.74) is 7.91. The Bertz CT molecular complexity index is 625. The molecule has 0 saturated heterocycles. The van der Waals surface area contributed by atoms with Gasteiger partial charge in [-0.2, -0.15) is 0 Å². The molecule has 1 amide bonds. The van der Waals surface area contributed by atoms with Gasteiger partial charge in [-0.05, 0) is 29.6 Å². The van der Waals surface area contributed by atoms with E-state index < -0.39 is 0 Å². The lowest BCUT2D eigenvalue weighted by molar-refractivity contribution is 0.0828. The molecule has 6 heteroatoms. The summed E-state index contributed by atoms with van der Waals surface area (Å²) >= 11 is 7.58. The van der Waals surface area contributed by atoms with Gasteiger partial charge in [0.2, 0.25) is 0 Å². The highest BCUT2D eigenvalue weighted by Gasteiger charge is 2.14. The molecule has 2 rings (SSSR count). The Morgan fingerprint density at radius 3 is 2.75 bits per heavy atom. The van der Waals surface area contributed by atoms with E-state index in [-0.39, 0.29) is 5.91 Å². The van der Waals surface area contributed by atoms with Crippen LogP contribution >= 0.6 is 22.9 Å². The molecule has 0 aliphatic carbocycles. The van der Waals surface area contributed by atoms with Crippen LogP contribution < -0.4 is 11.1 Å². The first kappa shape index (κ1) is 14.7. The molecule has 0 atom stereocenters. The van der Waals surface area contributed by atoms with Crippen LogP contribution in [0.25, 0.3) is 0 Å². The molecule has 20 heavy (non-hydrogen) atoms. The van der Waals surface area contributed by atoms with Crippen molar-refractivity contribution in [3.05, 3.63) is 45.1 Å². The first-order valence-corrected chi connectivity index (χ1v) is 7.31. The minimum absolute atomic E-state index is 0.0664. The van der Waals surface area contributed by atoms with E-state index in [0.717, 1.165) is 10.6 Å². The highest BCUT2D eigenvalue weighted by molar-refractivity contribution is 7.10. The van der Waals surface area contributed by atoms with Crippen LogP contribution in [0.3, 0.4) is 0 Å². The lowest BCUT2D eigenvalue weighted by Gasteiger charge is -2.15. The van der Waals surface area contributed by atoms with Crippen molar-refractivity contribution in [1.82, 2.24) is 4.90 Å². The molecular weight excluding hydrogens is 294 g/mol. The van der Waals surface area contributed by atoms with Crippen molar-refractivity contribution in [3.8, 4) is 0 Å². The third kappa shape index (κ3) is 3.23. The third-order valence-electron chi connectivity index (χ3n) is 2.84. The van der Waals surface area contributed by atoms with Crippen LogP contribution in [0.15, 0.2) is 29.6 Å². The maximum absolute atomic E-state index is 12.1. The summed E-state index contributed by atoms with van der Waals surface area (Å²) in [6, 6.07) is 7.06. The van der Waals surface area contributed by atoms with E-state index in [1.165, 1.54) is 4.90 Å². The molecule has 1 aromatic heterocycles. The molecule has 0 spiro atoms. The summed E-state index contributed by atoms with van der Waals surface area (Å²) in [5, 5.41) is 5.76. The van der Waals surface area contributed by atoms with Crippen LogP contribution in [0, 0.1) is 0 Å². The van der Waals surface area contributed by atoms with Crippen molar-refractivity contribution in [2.75, 3.05) is 25.1 Å². The van der Waals surface area contributed by atoms with Gasteiger partial charge in [-0.15, -0.1) is 11.3 Å². The monoisotopic (exact) mass is 309 g/mol. The van der Waals surface area contributed by atoms with E-state index >= 15 is 0 Å². The average Bonchev–Trinajstić information content (AvgIpc) is 2.81. The van der Waals surface area contributed by atoms with Crippen molar-refractivity contribution in [3.63, 3.8) is 0 Å². The fourth-order valence-corrected chi connectivity index (χ4v) is 2.67. The van der Waals surface area contributed by atoms with Crippen molar-refractivity contribution in [2.24, 2.45) is 0 Å². The summed E-state index contributed by atoms with van der Waals surface area (Å²) < 4.78 is 0. The van der Waals surface area contributed by atoms with Crippen LogP contribution in [0.2, 0.25) is 5.02 Å². The zero-order valence-electron chi connectivity index (χ0n) is 11.3. The largest absolute Gasteiger partial charge is 0.398 e. The number of nitrogens with zero attached hydrogens (tertiary/aromatic N) is 1. The summed E-state index contributed by atoms with van der Waals surface area (Å²) in [5.74, 6) is -0.0664. The first-order chi connectivity index (χ1) is 9.49. The molecule has 0 bridgehead atoms. The Kier molecular flexibility index (Phi) is 4.52. The molecule has 0 aliphatic heterocycles. The van der Waals surface area contributed by atoms with E-state index in [9.17, 15) is 4.79 Å². The molecular formula is C14H16ClN3OS. The first-order valence-electron chi connectivity index (χ1n) is 6.06. The molecule has 0 fully saturated rings. The molecule has 4 nitrogen and oxygen atoms in total. The second kappa shape index (κ2) is 6.15. The number of nitrogen functional groups attached to an aromatic ring is 1. The standard InChI is InChI=1S/C14H16ClN3OS/c1-18(2)14(19)10-4-3-9(15)7-12(10)17-8-13-11(16)5-6-20-13/h3-7,17H,8,16H2,1-2H3. The van der Waals surface area contributed by atoms with Gasteiger partial charge < -0.3 is 16.0 Å². The Balaban J connectivity index is 2.24. The van der Waals surface area contributed by atoms with Crippen LogP contribution in [0.1, 0.15) is 15.2 Å². The van der Waals surface area contributed by atoms with Gasteiger partial charge >= 0.3 is 0 Å². The molecule has 1 heterocycles. The number of hydrogen-bond acceptors (Lipinski definition) is 4. The lowest BCUT2D eigenvalue weighted by Crippen LogP contribution is -2.23. The second-order valence-corrected chi connectivity index (χ2v) is 5.98. The fraction of sp³-hybridized carbons (Fsp3) is 0.214. The molecule has 2 aromatic rings. The number of hydrogen-bond donors (Lipinski definition) is 2. The van der Waals surface area contributed by atoms with Crippen molar-refractivity contribution < 1.29 is 4.79 Å². The molecule has 0 radical (unpaired) electrons. The summed E-state index contributed by atoms with van der Waals surface area (Å²) in [4.78, 5) is 14.7. The Morgan fingerprint density at radius 1 is 1.40 bits per heavy atom. The number of thiophene rings is 1. The van der Waals surface area contributed by atoms with Crippen molar-refractivity contribution in [2.45, 2.75) is 6.54 Å². The smallest absolute Gasteiger partial charge is 0.255 e. The van der Waals surface area contributed by atoms with Gasteiger partial charge in [0.15, 0.2) is 0 Å². The third-order valence-corrected chi connectivity index (χ3v) is 4.01. The number of carbonyl (C=O) groups is 1. The van der Waals surface area contributed by atoms with Gasteiger partial charge in [-0.3, -0.25) is 4.79 Å². The fourth-order valence-electron chi connectivity index (χ4n) is 1.76. The van der Waals surface area contributed by atoms with E-state index in [0.29, 0.717) is 22.8 Å². The maximum Gasteiger partial charge on any atom is 0.255 e. The number of carbonyl (C=O) groups excluding carboxylic acids is 1. The molecule has 0 saturated carbocycles. The molecule has 106 valence electrons. The maximum atomic E-state index is 12.1. The number of nitrogens with two attached hydrogens (primary N) is 1. The predicted molar refractivity (Wildman–Crippen MR) is 85.5 cm³/mol. The SMILES string of the molecule is CN(C)C(=O)c1ccc(Cl)cc1NCc1sccc1N.